The van der Waals surface area contributed by atoms with Gasteiger partial charge in [-0.25, -0.2) is 4.79 Å². The van der Waals surface area contributed by atoms with Crippen LogP contribution in [0.2, 0.25) is 0 Å². The lowest BCUT2D eigenvalue weighted by molar-refractivity contribution is -0.149. The van der Waals surface area contributed by atoms with E-state index in [0.29, 0.717) is 11.5 Å². The lowest BCUT2D eigenvalue weighted by Gasteiger charge is -2.24. The number of hydrogen-bond donors (Lipinski definition) is 0. The van der Waals surface area contributed by atoms with Crippen LogP contribution in [0.3, 0.4) is 0 Å². The zero-order valence-corrected chi connectivity index (χ0v) is 17.5. The van der Waals surface area contributed by atoms with Crippen LogP contribution in [0.4, 0.5) is 0 Å². The molecule has 0 spiro atoms. The molecule has 3 rings (SSSR count). The minimum atomic E-state index is -1.14. The Balaban J connectivity index is 1.66. The predicted molar refractivity (Wildman–Crippen MR) is 112 cm³/mol. The van der Waals surface area contributed by atoms with Gasteiger partial charge in [0.1, 0.15) is 21.1 Å². The SMILES string of the molecule is COc1ccc(OC(C)(C)C(=O)Oc2ccc(-c3cc(=S)ss3)cc2)cc1. The average Bonchev–Trinajstić information content (AvgIpc) is 3.09. The van der Waals surface area contributed by atoms with Gasteiger partial charge in [0.15, 0.2) is 0 Å². The molecule has 2 aromatic carbocycles. The third-order valence-corrected chi connectivity index (χ3v) is 6.65. The van der Waals surface area contributed by atoms with Crippen molar-refractivity contribution in [2.75, 3.05) is 7.11 Å². The van der Waals surface area contributed by atoms with E-state index in [0.717, 1.165) is 20.0 Å². The Morgan fingerprint density at radius 3 is 2.07 bits per heavy atom. The minimum Gasteiger partial charge on any atom is -0.497 e. The molecule has 4 nitrogen and oxygen atoms in total. The summed E-state index contributed by atoms with van der Waals surface area (Å²) in [5, 5.41) is 0. The van der Waals surface area contributed by atoms with Crippen LogP contribution in [-0.2, 0) is 4.79 Å². The molecule has 3 aromatic rings. The number of benzene rings is 2. The molecule has 1 aromatic heterocycles. The van der Waals surface area contributed by atoms with Gasteiger partial charge < -0.3 is 14.2 Å². The quantitative estimate of drug-likeness (QED) is 0.213. The maximum Gasteiger partial charge on any atom is 0.355 e. The Morgan fingerprint density at radius 2 is 1.52 bits per heavy atom. The van der Waals surface area contributed by atoms with Crippen molar-refractivity contribution in [2.24, 2.45) is 0 Å². The van der Waals surface area contributed by atoms with E-state index in [1.165, 1.54) is 0 Å². The van der Waals surface area contributed by atoms with Crippen molar-refractivity contribution >= 4 is 38.9 Å². The second-order valence-electron chi connectivity index (χ2n) is 6.20. The van der Waals surface area contributed by atoms with E-state index >= 15 is 0 Å². The number of methoxy groups -OCH3 is 1. The highest BCUT2D eigenvalue weighted by molar-refractivity contribution is 7.80. The zero-order valence-electron chi connectivity index (χ0n) is 15.1. The van der Waals surface area contributed by atoms with Gasteiger partial charge in [-0.2, -0.15) is 0 Å². The summed E-state index contributed by atoms with van der Waals surface area (Å²) in [6, 6.07) is 16.4. The summed E-state index contributed by atoms with van der Waals surface area (Å²) in [5.41, 5.74) is -0.0965. The fourth-order valence-corrected chi connectivity index (χ4v) is 4.67. The monoisotopic (exact) mass is 418 g/mol. The van der Waals surface area contributed by atoms with E-state index < -0.39 is 11.6 Å². The van der Waals surface area contributed by atoms with Gasteiger partial charge in [-0.15, -0.1) is 0 Å². The molecule has 0 aliphatic rings. The van der Waals surface area contributed by atoms with Crippen molar-refractivity contribution in [3.63, 3.8) is 0 Å². The van der Waals surface area contributed by atoms with Crippen molar-refractivity contribution in [1.29, 1.82) is 0 Å². The molecule has 0 atom stereocenters. The van der Waals surface area contributed by atoms with Crippen LogP contribution in [-0.4, -0.2) is 18.7 Å². The van der Waals surface area contributed by atoms with Gasteiger partial charge in [-0.1, -0.05) is 32.9 Å². The predicted octanol–water partition coefficient (Wildman–Crippen LogP) is 5.98. The summed E-state index contributed by atoms with van der Waals surface area (Å²) in [4.78, 5) is 13.6. The molecule has 0 aliphatic carbocycles. The van der Waals surface area contributed by atoms with Crippen LogP contribution in [0.5, 0.6) is 17.2 Å². The topological polar surface area (TPSA) is 44.8 Å². The van der Waals surface area contributed by atoms with Gasteiger partial charge in [0.2, 0.25) is 5.60 Å². The summed E-state index contributed by atoms with van der Waals surface area (Å²) in [6.45, 7) is 3.35. The molecule has 0 aliphatic heterocycles. The fraction of sp³-hybridized carbons (Fsp3) is 0.200. The molecular weight excluding hydrogens is 400 g/mol. The Morgan fingerprint density at radius 1 is 0.926 bits per heavy atom. The van der Waals surface area contributed by atoms with Crippen molar-refractivity contribution < 1.29 is 19.0 Å². The highest BCUT2D eigenvalue weighted by Crippen LogP contribution is 2.31. The van der Waals surface area contributed by atoms with Crippen LogP contribution in [0.1, 0.15) is 13.8 Å². The summed E-state index contributed by atoms with van der Waals surface area (Å²) in [5.74, 6) is 1.27. The van der Waals surface area contributed by atoms with Crippen LogP contribution in [0.15, 0.2) is 54.6 Å². The van der Waals surface area contributed by atoms with Crippen LogP contribution < -0.4 is 14.2 Å². The molecular formula is C20H18O4S3. The van der Waals surface area contributed by atoms with Crippen LogP contribution in [0, 0.1) is 3.82 Å². The number of hydrogen-bond acceptors (Lipinski definition) is 7. The third kappa shape index (κ3) is 4.94. The lowest BCUT2D eigenvalue weighted by Crippen LogP contribution is -2.41. The molecule has 0 amide bonds. The minimum absolute atomic E-state index is 0.467. The maximum atomic E-state index is 12.5. The van der Waals surface area contributed by atoms with Crippen molar-refractivity contribution in [2.45, 2.75) is 19.4 Å². The highest BCUT2D eigenvalue weighted by Gasteiger charge is 2.32. The standard InChI is InChI=1S/C20H18O4S3/c1-20(2,24-16-10-8-14(22-3)9-11-16)19(21)23-15-6-4-13(5-7-15)17-12-18(25)27-26-17/h4-12H,1-3H3. The molecule has 27 heavy (non-hydrogen) atoms. The van der Waals surface area contributed by atoms with Gasteiger partial charge in [0, 0.05) is 4.88 Å². The summed E-state index contributed by atoms with van der Waals surface area (Å²) in [6.07, 6.45) is 0. The van der Waals surface area contributed by atoms with Gasteiger partial charge >= 0.3 is 5.97 Å². The summed E-state index contributed by atoms with van der Waals surface area (Å²) >= 11 is 5.16. The first-order valence-corrected chi connectivity index (χ1v) is 10.7. The molecule has 0 unspecified atom stereocenters. The third-order valence-electron chi connectivity index (χ3n) is 3.74. The van der Waals surface area contributed by atoms with E-state index in [9.17, 15) is 4.79 Å². The second-order valence-corrected chi connectivity index (χ2v) is 9.11. The molecule has 0 bridgehead atoms. The second kappa shape index (κ2) is 8.21. The lowest BCUT2D eigenvalue weighted by atomic mass is 10.1. The molecule has 0 radical (unpaired) electrons. The van der Waals surface area contributed by atoms with Crippen molar-refractivity contribution in [1.82, 2.24) is 0 Å². The molecule has 1 heterocycles. The normalized spacial score (nSPS) is 11.1. The van der Waals surface area contributed by atoms with E-state index in [1.807, 2.05) is 18.2 Å². The van der Waals surface area contributed by atoms with Gasteiger partial charge in [0.05, 0.1) is 7.11 Å². The Kier molecular flexibility index (Phi) is 5.94. The number of rotatable bonds is 6. The van der Waals surface area contributed by atoms with E-state index in [4.69, 9.17) is 26.4 Å². The van der Waals surface area contributed by atoms with E-state index in [1.54, 1.807) is 78.0 Å². The average molecular weight is 419 g/mol. The van der Waals surface area contributed by atoms with E-state index in [2.05, 4.69) is 0 Å². The molecule has 7 heteroatoms. The maximum absolute atomic E-state index is 12.5. The fourth-order valence-electron chi connectivity index (χ4n) is 2.27. The Labute approximate surface area is 170 Å². The van der Waals surface area contributed by atoms with E-state index in [-0.39, 0.29) is 0 Å². The molecule has 140 valence electrons. The van der Waals surface area contributed by atoms with Crippen LogP contribution in [0.25, 0.3) is 10.4 Å². The number of esters is 1. The molecule has 0 saturated carbocycles. The number of ether oxygens (including phenoxy) is 3. The number of carbonyl (C=O) groups excluding carboxylic acids is 1. The first-order chi connectivity index (χ1) is 12.9. The van der Waals surface area contributed by atoms with Crippen LogP contribution >= 0.6 is 32.9 Å². The largest absolute Gasteiger partial charge is 0.497 e. The van der Waals surface area contributed by atoms with Crippen molar-refractivity contribution in [3.05, 3.63) is 58.4 Å². The molecule has 0 N–H and O–H groups in total. The smallest absolute Gasteiger partial charge is 0.355 e. The molecule has 0 fully saturated rings. The summed E-state index contributed by atoms with van der Waals surface area (Å²) < 4.78 is 17.3. The number of carbonyl (C=O) groups is 1. The van der Waals surface area contributed by atoms with Gasteiger partial charge in [-0.05, 0) is 74.0 Å². The zero-order chi connectivity index (χ0) is 19.4. The molecule has 0 saturated heterocycles. The highest BCUT2D eigenvalue weighted by atomic mass is 32.9. The van der Waals surface area contributed by atoms with Gasteiger partial charge in [-0.3, -0.25) is 0 Å². The Hall–Kier alpha value is -2.22. The van der Waals surface area contributed by atoms with Crippen molar-refractivity contribution in [3.8, 4) is 27.7 Å². The summed E-state index contributed by atoms with van der Waals surface area (Å²) in [7, 11) is 4.79. The van der Waals surface area contributed by atoms with Gasteiger partial charge in [0.25, 0.3) is 0 Å². The first-order valence-electron chi connectivity index (χ1n) is 8.13. The Bertz CT molecular complexity index is 969. The first kappa shape index (κ1) is 19.5.